The summed E-state index contributed by atoms with van der Waals surface area (Å²) >= 11 is 0. The molecule has 0 saturated heterocycles. The van der Waals surface area contributed by atoms with Crippen LogP contribution in [0.4, 0.5) is 0 Å². The number of esters is 1. The molecule has 0 aromatic rings. The minimum Gasteiger partial charge on any atom is -0.463 e. The van der Waals surface area contributed by atoms with E-state index < -0.39 is 0 Å². The Labute approximate surface area is 184 Å². The number of carbonyl (C=O) groups excluding carboxylic acids is 1. The first-order chi connectivity index (χ1) is 14.2. The van der Waals surface area contributed by atoms with Crippen LogP contribution < -0.4 is 0 Å². The lowest BCUT2D eigenvalue weighted by molar-refractivity contribution is -0.171. The van der Waals surface area contributed by atoms with Crippen molar-refractivity contribution < 1.29 is 14.6 Å². The van der Waals surface area contributed by atoms with E-state index in [1.807, 2.05) is 0 Å². The molecule has 0 aliphatic heterocycles. The second-order valence-electron chi connectivity index (χ2n) is 12.4. The van der Waals surface area contributed by atoms with Crippen molar-refractivity contribution in [2.45, 2.75) is 111 Å². The summed E-state index contributed by atoms with van der Waals surface area (Å²) in [5.74, 6) is 3.82. The molecule has 0 radical (unpaired) electrons. The van der Waals surface area contributed by atoms with Crippen molar-refractivity contribution >= 4 is 5.97 Å². The highest BCUT2D eigenvalue weighted by Crippen LogP contribution is 2.70. The largest absolute Gasteiger partial charge is 0.463 e. The van der Waals surface area contributed by atoms with Gasteiger partial charge in [0.05, 0.1) is 6.10 Å². The van der Waals surface area contributed by atoms with Crippen molar-refractivity contribution in [3.8, 4) is 0 Å². The van der Waals surface area contributed by atoms with Crippen LogP contribution in [0.1, 0.15) is 105 Å². The standard InChI is InChI=1S/C27H46O3/c1-18-10-14-26(5)22-12-16-27(17-28)13-6-7-23(27)21(22)8-9-24(26)25(18,4)15-11-19(2)30-20(3)29/h18-19,21-24,28H,6-17H2,1-5H3. The van der Waals surface area contributed by atoms with Crippen molar-refractivity contribution in [3.63, 3.8) is 0 Å². The fourth-order valence-electron chi connectivity index (χ4n) is 9.45. The zero-order chi connectivity index (χ0) is 21.7. The molecule has 4 aliphatic carbocycles. The Bertz CT molecular complexity index is 646. The highest BCUT2D eigenvalue weighted by molar-refractivity contribution is 5.66. The van der Waals surface area contributed by atoms with Crippen LogP contribution in [0.2, 0.25) is 0 Å². The number of hydrogen-bond donors (Lipinski definition) is 1. The number of fused-ring (bicyclic) bond motifs is 5. The number of ether oxygens (including phenoxy) is 1. The van der Waals surface area contributed by atoms with Crippen LogP contribution in [0.25, 0.3) is 0 Å². The van der Waals surface area contributed by atoms with Gasteiger partial charge in [0, 0.05) is 13.5 Å². The summed E-state index contributed by atoms with van der Waals surface area (Å²) in [5.41, 5.74) is 1.04. The lowest BCUT2D eigenvalue weighted by Crippen LogP contribution is -2.58. The Morgan fingerprint density at radius 1 is 1.07 bits per heavy atom. The Hall–Kier alpha value is -0.570. The molecule has 0 aromatic heterocycles. The molecule has 4 saturated carbocycles. The number of hydrogen-bond acceptors (Lipinski definition) is 3. The maximum absolute atomic E-state index is 11.4. The summed E-state index contributed by atoms with van der Waals surface area (Å²) in [6.07, 6.45) is 14.2. The monoisotopic (exact) mass is 418 g/mol. The molecule has 3 heteroatoms. The predicted molar refractivity (Wildman–Crippen MR) is 121 cm³/mol. The van der Waals surface area contributed by atoms with Gasteiger partial charge < -0.3 is 9.84 Å². The third-order valence-electron chi connectivity index (χ3n) is 11.2. The number of aliphatic hydroxyl groups is 1. The van der Waals surface area contributed by atoms with Crippen LogP contribution in [0, 0.1) is 45.8 Å². The van der Waals surface area contributed by atoms with Crippen molar-refractivity contribution in [3.05, 3.63) is 0 Å². The average molecular weight is 419 g/mol. The first-order valence-corrected chi connectivity index (χ1v) is 12.9. The van der Waals surface area contributed by atoms with Gasteiger partial charge in [-0.25, -0.2) is 0 Å². The molecular weight excluding hydrogens is 372 g/mol. The molecule has 30 heavy (non-hydrogen) atoms. The van der Waals surface area contributed by atoms with E-state index in [9.17, 15) is 9.90 Å². The van der Waals surface area contributed by atoms with E-state index >= 15 is 0 Å². The average Bonchev–Trinajstić information content (AvgIpc) is 3.14. The molecule has 0 heterocycles. The summed E-state index contributed by atoms with van der Waals surface area (Å²) in [4.78, 5) is 11.4. The van der Waals surface area contributed by atoms with Crippen LogP contribution in [-0.2, 0) is 9.53 Å². The topological polar surface area (TPSA) is 46.5 Å². The molecular formula is C27H46O3. The summed E-state index contributed by atoms with van der Waals surface area (Å²) in [6.45, 7) is 11.7. The van der Waals surface area contributed by atoms with Gasteiger partial charge in [-0.15, -0.1) is 0 Å². The van der Waals surface area contributed by atoms with Crippen molar-refractivity contribution in [1.82, 2.24) is 0 Å². The first kappa shape index (κ1) is 22.6. The normalized spacial score (nSPS) is 48.9. The van der Waals surface area contributed by atoms with Gasteiger partial charge in [0.1, 0.15) is 0 Å². The van der Waals surface area contributed by atoms with E-state index in [4.69, 9.17) is 4.74 Å². The van der Waals surface area contributed by atoms with Gasteiger partial charge in [0.2, 0.25) is 0 Å². The SMILES string of the molecule is CC(=O)OC(C)CCC1(C)C(C)CCC2(C)C3CCC4(CO)CCCC4C3CCC12. The van der Waals surface area contributed by atoms with Gasteiger partial charge in [-0.3, -0.25) is 4.79 Å². The molecule has 9 atom stereocenters. The second kappa shape index (κ2) is 8.09. The molecule has 0 aromatic carbocycles. The van der Waals surface area contributed by atoms with Crippen LogP contribution in [0.5, 0.6) is 0 Å². The Kier molecular flexibility index (Phi) is 6.10. The fourth-order valence-corrected chi connectivity index (χ4v) is 9.45. The van der Waals surface area contributed by atoms with E-state index in [1.165, 1.54) is 71.1 Å². The van der Waals surface area contributed by atoms with Gasteiger partial charge in [-0.05, 0) is 117 Å². The van der Waals surface area contributed by atoms with Gasteiger partial charge in [-0.2, -0.15) is 0 Å². The van der Waals surface area contributed by atoms with Gasteiger partial charge in [0.15, 0.2) is 0 Å². The summed E-state index contributed by atoms with van der Waals surface area (Å²) in [6, 6.07) is 0. The molecule has 172 valence electrons. The van der Waals surface area contributed by atoms with Crippen molar-refractivity contribution in [2.75, 3.05) is 6.61 Å². The van der Waals surface area contributed by atoms with E-state index in [0.717, 1.165) is 36.0 Å². The minimum atomic E-state index is -0.152. The first-order valence-electron chi connectivity index (χ1n) is 12.9. The quantitative estimate of drug-likeness (QED) is 0.527. The second-order valence-corrected chi connectivity index (χ2v) is 12.4. The molecule has 0 bridgehead atoms. The molecule has 1 N–H and O–H groups in total. The Balaban J connectivity index is 1.55. The highest BCUT2D eigenvalue weighted by atomic mass is 16.5. The van der Waals surface area contributed by atoms with Crippen LogP contribution in [0.15, 0.2) is 0 Å². The summed E-state index contributed by atoms with van der Waals surface area (Å²) in [7, 11) is 0. The highest BCUT2D eigenvalue weighted by Gasteiger charge is 2.62. The smallest absolute Gasteiger partial charge is 0.302 e. The van der Waals surface area contributed by atoms with Gasteiger partial charge in [0.25, 0.3) is 0 Å². The predicted octanol–water partition coefficient (Wildman–Crippen LogP) is 6.38. The zero-order valence-corrected chi connectivity index (χ0v) is 20.2. The molecule has 9 unspecified atom stereocenters. The van der Waals surface area contributed by atoms with Gasteiger partial charge in [-0.1, -0.05) is 27.2 Å². The molecule has 4 rings (SSSR count). The zero-order valence-electron chi connectivity index (χ0n) is 20.2. The maximum Gasteiger partial charge on any atom is 0.302 e. The van der Waals surface area contributed by atoms with Gasteiger partial charge >= 0.3 is 5.97 Å². The van der Waals surface area contributed by atoms with Crippen molar-refractivity contribution in [2.24, 2.45) is 45.8 Å². The Morgan fingerprint density at radius 3 is 2.53 bits per heavy atom. The lowest BCUT2D eigenvalue weighted by atomic mass is 9.39. The third-order valence-corrected chi connectivity index (χ3v) is 11.2. The van der Waals surface area contributed by atoms with Crippen molar-refractivity contribution in [1.29, 1.82) is 0 Å². The van der Waals surface area contributed by atoms with Crippen LogP contribution in [-0.4, -0.2) is 23.8 Å². The summed E-state index contributed by atoms with van der Waals surface area (Å²) < 4.78 is 5.48. The third kappa shape index (κ3) is 3.46. The molecule has 4 fully saturated rings. The fraction of sp³-hybridized carbons (Fsp3) is 0.963. The maximum atomic E-state index is 11.4. The molecule has 0 spiro atoms. The number of carbonyl (C=O) groups is 1. The molecule has 0 amide bonds. The summed E-state index contributed by atoms with van der Waals surface area (Å²) in [5, 5.41) is 10.3. The minimum absolute atomic E-state index is 0.0226. The van der Waals surface area contributed by atoms with Crippen LogP contribution >= 0.6 is 0 Å². The van der Waals surface area contributed by atoms with E-state index in [0.29, 0.717) is 17.4 Å². The Morgan fingerprint density at radius 2 is 1.83 bits per heavy atom. The lowest BCUT2D eigenvalue weighted by Gasteiger charge is -2.65. The van der Waals surface area contributed by atoms with E-state index in [2.05, 4.69) is 27.7 Å². The molecule has 3 nitrogen and oxygen atoms in total. The van der Waals surface area contributed by atoms with E-state index in [1.54, 1.807) is 0 Å². The van der Waals surface area contributed by atoms with E-state index in [-0.39, 0.29) is 17.5 Å². The van der Waals surface area contributed by atoms with Crippen LogP contribution in [0.3, 0.4) is 0 Å². The molecule has 4 aliphatic rings. The number of aliphatic hydroxyl groups excluding tert-OH is 1. The number of rotatable bonds is 5.